The minimum Gasteiger partial charge on any atom is -0.378 e. The largest absolute Gasteiger partial charge is 0.378 e. The molecule has 88 valence electrons. The van der Waals surface area contributed by atoms with E-state index in [1.54, 1.807) is 0 Å². The normalized spacial score (nSPS) is 21.9. The molecule has 0 aromatic heterocycles. The van der Waals surface area contributed by atoms with Crippen molar-refractivity contribution in [1.82, 2.24) is 0 Å². The minimum absolute atomic E-state index is 0.181. The summed E-state index contributed by atoms with van der Waals surface area (Å²) in [5.74, 6) is 0.181. The zero-order valence-corrected chi connectivity index (χ0v) is 10.0. The maximum atomic E-state index is 11.5. The van der Waals surface area contributed by atoms with Gasteiger partial charge in [-0.05, 0) is 40.0 Å². The first-order valence-electron chi connectivity index (χ1n) is 5.74. The second-order valence-electron chi connectivity index (χ2n) is 5.11. The summed E-state index contributed by atoms with van der Waals surface area (Å²) in [5.41, 5.74) is -0.223. The summed E-state index contributed by atoms with van der Waals surface area (Å²) in [7, 11) is 0. The molecule has 0 spiro atoms. The van der Waals surface area contributed by atoms with Crippen LogP contribution in [0.2, 0.25) is 0 Å². The first-order valence-corrected chi connectivity index (χ1v) is 5.74. The van der Waals surface area contributed by atoms with Crippen LogP contribution in [0.4, 0.5) is 0 Å². The van der Waals surface area contributed by atoms with Gasteiger partial charge in [-0.2, -0.15) is 0 Å². The Morgan fingerprint density at radius 3 is 2.73 bits per heavy atom. The van der Waals surface area contributed by atoms with E-state index >= 15 is 0 Å². The summed E-state index contributed by atoms with van der Waals surface area (Å²) in [4.78, 5) is 11.5. The Balaban J connectivity index is 2.08. The smallest absolute Gasteiger partial charge is 0.158 e. The molecule has 3 nitrogen and oxygen atoms in total. The molecular formula is C12H22O3. The van der Waals surface area contributed by atoms with E-state index in [2.05, 4.69) is 0 Å². The summed E-state index contributed by atoms with van der Waals surface area (Å²) in [6.07, 6.45) is 3.99. The SMILES string of the molecule is CC(C)(C)OCC(=O)CCC1CCCO1. The van der Waals surface area contributed by atoms with Gasteiger partial charge in [0.2, 0.25) is 0 Å². The van der Waals surface area contributed by atoms with Crippen molar-refractivity contribution in [2.75, 3.05) is 13.2 Å². The van der Waals surface area contributed by atoms with Crippen LogP contribution in [0.1, 0.15) is 46.5 Å². The van der Waals surface area contributed by atoms with Gasteiger partial charge in [0.25, 0.3) is 0 Å². The number of ketones is 1. The molecule has 1 saturated heterocycles. The Labute approximate surface area is 92.1 Å². The molecule has 0 bridgehead atoms. The van der Waals surface area contributed by atoms with Gasteiger partial charge in [-0.3, -0.25) is 4.79 Å². The van der Waals surface area contributed by atoms with Crippen LogP contribution >= 0.6 is 0 Å². The van der Waals surface area contributed by atoms with Crippen LogP contribution < -0.4 is 0 Å². The number of rotatable bonds is 5. The van der Waals surface area contributed by atoms with Crippen molar-refractivity contribution in [3.8, 4) is 0 Å². The number of Topliss-reactive ketones (excluding diaryl/α,β-unsaturated/α-hetero) is 1. The first-order chi connectivity index (χ1) is 6.97. The molecule has 15 heavy (non-hydrogen) atoms. The topological polar surface area (TPSA) is 35.5 Å². The van der Waals surface area contributed by atoms with Gasteiger partial charge in [0.05, 0.1) is 11.7 Å². The summed E-state index contributed by atoms with van der Waals surface area (Å²) in [6.45, 7) is 6.97. The Bertz CT molecular complexity index is 199. The Hall–Kier alpha value is -0.410. The van der Waals surface area contributed by atoms with E-state index in [0.29, 0.717) is 12.5 Å². The number of hydrogen-bond donors (Lipinski definition) is 0. The van der Waals surface area contributed by atoms with Crippen molar-refractivity contribution in [1.29, 1.82) is 0 Å². The second kappa shape index (κ2) is 5.61. The average molecular weight is 214 g/mol. The molecule has 0 aromatic carbocycles. The molecule has 1 aliphatic rings. The van der Waals surface area contributed by atoms with Gasteiger partial charge in [-0.25, -0.2) is 0 Å². The molecule has 0 aliphatic carbocycles. The molecule has 0 saturated carbocycles. The van der Waals surface area contributed by atoms with Gasteiger partial charge in [0, 0.05) is 13.0 Å². The third-order valence-electron chi connectivity index (χ3n) is 2.44. The van der Waals surface area contributed by atoms with Crippen LogP contribution in [0.5, 0.6) is 0 Å². The molecule has 1 fully saturated rings. The minimum atomic E-state index is -0.223. The van der Waals surface area contributed by atoms with E-state index in [1.807, 2.05) is 20.8 Å². The fraction of sp³-hybridized carbons (Fsp3) is 0.917. The lowest BCUT2D eigenvalue weighted by molar-refractivity contribution is -0.129. The molecule has 1 atom stereocenters. The van der Waals surface area contributed by atoms with Crippen LogP contribution in [0.3, 0.4) is 0 Å². The van der Waals surface area contributed by atoms with Crippen molar-refractivity contribution in [2.24, 2.45) is 0 Å². The zero-order chi connectivity index (χ0) is 11.3. The third-order valence-corrected chi connectivity index (χ3v) is 2.44. The van der Waals surface area contributed by atoms with E-state index in [9.17, 15) is 4.79 Å². The van der Waals surface area contributed by atoms with Crippen LogP contribution in [0.15, 0.2) is 0 Å². The summed E-state index contributed by atoms with van der Waals surface area (Å²) < 4.78 is 10.9. The maximum absolute atomic E-state index is 11.5. The number of carbonyl (C=O) groups excluding carboxylic acids is 1. The van der Waals surface area contributed by atoms with Crippen molar-refractivity contribution in [3.05, 3.63) is 0 Å². The predicted molar refractivity (Wildman–Crippen MR) is 58.9 cm³/mol. The molecule has 0 radical (unpaired) electrons. The quantitative estimate of drug-likeness (QED) is 0.704. The lowest BCUT2D eigenvalue weighted by Gasteiger charge is -2.19. The van der Waals surface area contributed by atoms with Gasteiger partial charge in [0.1, 0.15) is 6.61 Å². The second-order valence-corrected chi connectivity index (χ2v) is 5.11. The summed E-state index contributed by atoms with van der Waals surface area (Å²) in [5, 5.41) is 0. The fourth-order valence-electron chi connectivity index (χ4n) is 1.56. The van der Waals surface area contributed by atoms with Crippen molar-refractivity contribution in [2.45, 2.75) is 58.2 Å². The molecular weight excluding hydrogens is 192 g/mol. The monoisotopic (exact) mass is 214 g/mol. The van der Waals surface area contributed by atoms with Crippen LogP contribution in [0.25, 0.3) is 0 Å². The number of ether oxygens (including phenoxy) is 2. The molecule has 1 unspecified atom stereocenters. The highest BCUT2D eigenvalue weighted by atomic mass is 16.5. The van der Waals surface area contributed by atoms with Crippen molar-refractivity contribution >= 4 is 5.78 Å². The van der Waals surface area contributed by atoms with Crippen LogP contribution in [0, 0.1) is 0 Å². The standard InChI is InChI=1S/C12H22O3/c1-12(2,3)15-9-10(13)6-7-11-5-4-8-14-11/h11H,4-9H2,1-3H3. The Morgan fingerprint density at radius 2 is 2.20 bits per heavy atom. The predicted octanol–water partition coefficient (Wildman–Crippen LogP) is 2.33. The highest BCUT2D eigenvalue weighted by molar-refractivity contribution is 5.79. The van der Waals surface area contributed by atoms with E-state index in [4.69, 9.17) is 9.47 Å². The highest BCUT2D eigenvalue weighted by Crippen LogP contribution is 2.17. The van der Waals surface area contributed by atoms with Gasteiger partial charge in [0.15, 0.2) is 5.78 Å². The average Bonchev–Trinajstić information content (AvgIpc) is 2.62. The third kappa shape index (κ3) is 5.90. The van der Waals surface area contributed by atoms with Gasteiger partial charge < -0.3 is 9.47 Å². The highest BCUT2D eigenvalue weighted by Gasteiger charge is 2.18. The van der Waals surface area contributed by atoms with Crippen LogP contribution in [-0.2, 0) is 14.3 Å². The molecule has 1 rings (SSSR count). The number of carbonyl (C=O) groups is 1. The molecule has 0 N–H and O–H groups in total. The Kier molecular flexibility index (Phi) is 4.74. The lowest BCUT2D eigenvalue weighted by atomic mass is 10.1. The molecule has 1 heterocycles. The van der Waals surface area contributed by atoms with Gasteiger partial charge >= 0.3 is 0 Å². The number of hydrogen-bond acceptors (Lipinski definition) is 3. The molecule has 1 aliphatic heterocycles. The molecule has 0 amide bonds. The first kappa shape index (κ1) is 12.7. The zero-order valence-electron chi connectivity index (χ0n) is 10.0. The van der Waals surface area contributed by atoms with Crippen LogP contribution in [-0.4, -0.2) is 30.7 Å². The van der Waals surface area contributed by atoms with Gasteiger partial charge in [-0.1, -0.05) is 0 Å². The van der Waals surface area contributed by atoms with E-state index < -0.39 is 0 Å². The molecule has 0 aromatic rings. The van der Waals surface area contributed by atoms with Crippen molar-refractivity contribution in [3.63, 3.8) is 0 Å². The molecule has 3 heteroatoms. The van der Waals surface area contributed by atoms with E-state index in [-0.39, 0.29) is 18.0 Å². The lowest BCUT2D eigenvalue weighted by Crippen LogP contribution is -2.24. The van der Waals surface area contributed by atoms with E-state index in [0.717, 1.165) is 25.9 Å². The Morgan fingerprint density at radius 1 is 1.47 bits per heavy atom. The maximum Gasteiger partial charge on any atom is 0.158 e. The van der Waals surface area contributed by atoms with E-state index in [1.165, 1.54) is 0 Å². The summed E-state index contributed by atoms with van der Waals surface area (Å²) >= 11 is 0. The van der Waals surface area contributed by atoms with Gasteiger partial charge in [-0.15, -0.1) is 0 Å². The van der Waals surface area contributed by atoms with Crippen molar-refractivity contribution < 1.29 is 14.3 Å². The summed E-state index contributed by atoms with van der Waals surface area (Å²) in [6, 6.07) is 0. The fourth-order valence-corrected chi connectivity index (χ4v) is 1.56.